The number of aromatic nitrogens is 4. The number of carbonyl (C=O) groups is 1. The van der Waals surface area contributed by atoms with Crippen molar-refractivity contribution >= 4 is 56.3 Å². The number of amides is 1. The van der Waals surface area contributed by atoms with Gasteiger partial charge < -0.3 is 14.6 Å². The zero-order valence-corrected chi connectivity index (χ0v) is 22.7. The first-order chi connectivity index (χ1) is 18.0. The third-order valence-corrected chi connectivity index (χ3v) is 7.41. The molecule has 2 heterocycles. The Kier molecular flexibility index (Phi) is 7.54. The molecule has 0 aliphatic carbocycles. The van der Waals surface area contributed by atoms with Crippen LogP contribution in [0.2, 0.25) is 5.02 Å². The molecule has 0 unspecified atom stereocenters. The van der Waals surface area contributed by atoms with Gasteiger partial charge in [0.1, 0.15) is 5.52 Å². The highest BCUT2D eigenvalue weighted by molar-refractivity contribution is 7.89. The van der Waals surface area contributed by atoms with Crippen molar-refractivity contribution < 1.29 is 22.3 Å². The van der Waals surface area contributed by atoms with E-state index in [1.54, 1.807) is 22.8 Å². The van der Waals surface area contributed by atoms with Gasteiger partial charge in [0, 0.05) is 24.3 Å². The molecule has 0 atom stereocenters. The van der Waals surface area contributed by atoms with Crippen LogP contribution < -0.4 is 14.9 Å². The van der Waals surface area contributed by atoms with Crippen LogP contribution in [-0.4, -0.2) is 55.2 Å². The normalized spacial score (nSPS) is 11.7. The highest BCUT2D eigenvalue weighted by Crippen LogP contribution is 2.34. The largest absolute Gasteiger partial charge is 0.452 e. The van der Waals surface area contributed by atoms with Crippen molar-refractivity contribution in [2.24, 2.45) is 0 Å². The summed E-state index contributed by atoms with van der Waals surface area (Å²) >= 11 is 6.40. The van der Waals surface area contributed by atoms with Crippen molar-refractivity contribution in [1.82, 2.24) is 24.2 Å². The average Bonchev–Trinajstić information content (AvgIpc) is 3.29. The molecule has 1 amide bonds. The van der Waals surface area contributed by atoms with Gasteiger partial charge in [0.05, 0.1) is 34.4 Å². The predicted molar refractivity (Wildman–Crippen MR) is 143 cm³/mol. The van der Waals surface area contributed by atoms with E-state index in [0.29, 0.717) is 16.8 Å². The monoisotopic (exact) mass is 561 g/mol. The first-order valence-corrected chi connectivity index (χ1v) is 13.2. The number of nitrogens with one attached hydrogen (secondary N) is 2. The summed E-state index contributed by atoms with van der Waals surface area (Å²) in [4.78, 5) is 26.4. The van der Waals surface area contributed by atoms with Crippen LogP contribution in [0.3, 0.4) is 0 Å². The number of methoxy groups -OCH3 is 1. The minimum Gasteiger partial charge on any atom is -0.452 e. The van der Waals surface area contributed by atoms with Crippen molar-refractivity contribution in [2.75, 3.05) is 31.4 Å². The maximum absolute atomic E-state index is 15.3. The molecule has 0 saturated carbocycles. The number of hydrogen-bond donors (Lipinski definition) is 2. The summed E-state index contributed by atoms with van der Waals surface area (Å²) in [6, 6.07) is 8.77. The molecule has 2 aromatic heterocycles. The lowest BCUT2D eigenvalue weighted by Crippen LogP contribution is -2.29. The molecule has 2 N–H and O–H groups in total. The van der Waals surface area contributed by atoms with E-state index in [9.17, 15) is 13.2 Å². The van der Waals surface area contributed by atoms with E-state index in [1.165, 1.54) is 50.5 Å². The standard InChI is InChI=1S/C24H25ClFN7O4S/c1-13(2)33-19-11-14(10-18(26)21(19)31-23(33)32(4)24(34)37-5)20-17(25)12-28-22(30-20)29-15-6-8-16(9-7-15)38(35,36)27-3/h6-13,27H,1-5H3,(H,28,29,30). The molecule has 0 fully saturated rings. The van der Waals surface area contributed by atoms with Crippen LogP contribution in [0, 0.1) is 5.82 Å². The molecule has 0 spiro atoms. The minimum atomic E-state index is -3.58. The molecule has 4 aromatic rings. The fraction of sp³-hybridized carbons (Fsp3) is 0.250. The number of nitrogens with zero attached hydrogens (tertiary/aromatic N) is 5. The van der Waals surface area contributed by atoms with Gasteiger partial charge in [-0.05, 0) is 57.3 Å². The summed E-state index contributed by atoms with van der Waals surface area (Å²) in [6.07, 6.45) is 0.735. The number of carbonyl (C=O) groups excluding carboxylic acids is 1. The third kappa shape index (κ3) is 5.12. The Bertz CT molecular complexity index is 1630. The molecular weight excluding hydrogens is 537 g/mol. The maximum atomic E-state index is 15.3. The van der Waals surface area contributed by atoms with Crippen LogP contribution in [0.4, 0.5) is 26.8 Å². The molecule has 0 saturated heterocycles. The summed E-state index contributed by atoms with van der Waals surface area (Å²) in [5.41, 5.74) is 1.68. The van der Waals surface area contributed by atoms with E-state index in [0.717, 1.165) is 0 Å². The van der Waals surface area contributed by atoms with E-state index < -0.39 is 21.9 Å². The Hall–Kier alpha value is -3.81. The molecule has 11 nitrogen and oxygen atoms in total. The second kappa shape index (κ2) is 10.5. The van der Waals surface area contributed by atoms with Crippen LogP contribution in [-0.2, 0) is 14.8 Å². The van der Waals surface area contributed by atoms with Crippen LogP contribution >= 0.6 is 11.6 Å². The predicted octanol–water partition coefficient (Wildman–Crippen LogP) is 4.72. The first kappa shape index (κ1) is 27.2. The van der Waals surface area contributed by atoms with Gasteiger partial charge in [0.2, 0.25) is 21.9 Å². The molecule has 0 aliphatic rings. The Balaban J connectivity index is 1.76. The zero-order valence-electron chi connectivity index (χ0n) is 21.2. The second-order valence-corrected chi connectivity index (χ2v) is 10.8. The third-order valence-electron chi connectivity index (χ3n) is 5.70. The summed E-state index contributed by atoms with van der Waals surface area (Å²) in [5, 5.41) is 3.18. The number of imidazole rings is 1. The lowest BCUT2D eigenvalue weighted by Gasteiger charge is -2.19. The summed E-state index contributed by atoms with van der Waals surface area (Å²) in [6.45, 7) is 3.76. The van der Waals surface area contributed by atoms with E-state index in [4.69, 9.17) is 16.3 Å². The number of benzene rings is 2. The van der Waals surface area contributed by atoms with E-state index in [2.05, 4.69) is 25.0 Å². The van der Waals surface area contributed by atoms with Crippen LogP contribution in [0.1, 0.15) is 19.9 Å². The molecule has 200 valence electrons. The van der Waals surface area contributed by atoms with Gasteiger partial charge in [-0.15, -0.1) is 0 Å². The van der Waals surface area contributed by atoms with Crippen molar-refractivity contribution in [3.8, 4) is 11.3 Å². The van der Waals surface area contributed by atoms with Crippen LogP contribution in [0.5, 0.6) is 0 Å². The molecule has 0 aliphatic heterocycles. The first-order valence-electron chi connectivity index (χ1n) is 11.3. The number of halogens is 2. The number of hydrogen-bond acceptors (Lipinski definition) is 8. The average molecular weight is 562 g/mol. The fourth-order valence-electron chi connectivity index (χ4n) is 3.84. The maximum Gasteiger partial charge on any atom is 0.416 e. The number of rotatable bonds is 7. The molecule has 14 heteroatoms. The number of sulfonamides is 1. The van der Waals surface area contributed by atoms with E-state index in [-0.39, 0.29) is 39.1 Å². The van der Waals surface area contributed by atoms with Crippen molar-refractivity contribution in [1.29, 1.82) is 0 Å². The Labute approximate surface area is 223 Å². The molecule has 38 heavy (non-hydrogen) atoms. The summed E-state index contributed by atoms with van der Waals surface area (Å²) < 4.78 is 48.0. The van der Waals surface area contributed by atoms with Crippen molar-refractivity contribution in [2.45, 2.75) is 24.8 Å². The Morgan fingerprint density at radius 1 is 1.18 bits per heavy atom. The molecule has 2 aromatic carbocycles. The Morgan fingerprint density at radius 3 is 2.47 bits per heavy atom. The second-order valence-electron chi connectivity index (χ2n) is 8.48. The zero-order chi connectivity index (χ0) is 27.8. The fourth-order valence-corrected chi connectivity index (χ4v) is 4.77. The Morgan fingerprint density at radius 2 is 1.87 bits per heavy atom. The van der Waals surface area contributed by atoms with E-state index in [1.807, 2.05) is 13.8 Å². The molecule has 0 radical (unpaired) electrons. The van der Waals surface area contributed by atoms with Gasteiger partial charge in [-0.2, -0.15) is 0 Å². The van der Waals surface area contributed by atoms with Gasteiger partial charge in [0.15, 0.2) is 5.82 Å². The smallest absolute Gasteiger partial charge is 0.416 e. The summed E-state index contributed by atoms with van der Waals surface area (Å²) in [7, 11) is 0.497. The number of fused-ring (bicyclic) bond motifs is 1. The van der Waals surface area contributed by atoms with Gasteiger partial charge in [-0.3, -0.25) is 4.90 Å². The van der Waals surface area contributed by atoms with Gasteiger partial charge in [0.25, 0.3) is 0 Å². The van der Waals surface area contributed by atoms with E-state index >= 15 is 4.39 Å². The van der Waals surface area contributed by atoms with Crippen LogP contribution in [0.15, 0.2) is 47.5 Å². The lowest BCUT2D eigenvalue weighted by molar-refractivity contribution is 0.179. The molecule has 0 bridgehead atoms. The summed E-state index contributed by atoms with van der Waals surface area (Å²) in [5.74, 6) is -0.239. The van der Waals surface area contributed by atoms with Crippen molar-refractivity contribution in [3.63, 3.8) is 0 Å². The quantitative estimate of drug-likeness (QED) is 0.331. The SMILES string of the molecule is CNS(=O)(=O)c1ccc(Nc2ncc(Cl)c(-c3cc(F)c4nc(N(C)C(=O)OC)n(C(C)C)c4c3)n2)cc1. The molecular formula is C24H25ClFN7O4S. The van der Waals surface area contributed by atoms with Gasteiger partial charge in [-0.1, -0.05) is 11.6 Å². The van der Waals surface area contributed by atoms with Crippen molar-refractivity contribution in [3.05, 3.63) is 53.4 Å². The van der Waals surface area contributed by atoms with Crippen LogP contribution in [0.25, 0.3) is 22.3 Å². The minimum absolute atomic E-state index is 0.0772. The lowest BCUT2D eigenvalue weighted by atomic mass is 10.1. The number of ether oxygens (including phenoxy) is 1. The van der Waals surface area contributed by atoms with Gasteiger partial charge >= 0.3 is 6.09 Å². The molecule has 4 rings (SSSR count). The van der Waals surface area contributed by atoms with Gasteiger partial charge in [-0.25, -0.2) is 37.3 Å². The topological polar surface area (TPSA) is 131 Å². The highest BCUT2D eigenvalue weighted by Gasteiger charge is 2.24. The number of anilines is 3. The highest BCUT2D eigenvalue weighted by atomic mass is 35.5.